The lowest BCUT2D eigenvalue weighted by Gasteiger charge is -2.68. The minimum atomic E-state index is -2.36. The molecule has 362 valence electrons. The summed E-state index contributed by atoms with van der Waals surface area (Å²) >= 11 is 0.962. The highest BCUT2D eigenvalue weighted by Gasteiger charge is 2.78. The molecular weight excluding hydrogens is 887 g/mol. The van der Waals surface area contributed by atoms with Crippen molar-refractivity contribution in [1.82, 2.24) is 0 Å². The predicted molar refractivity (Wildman–Crippen MR) is 230 cm³/mol. The zero-order chi connectivity index (χ0) is 48.0. The van der Waals surface area contributed by atoms with Crippen LogP contribution in [-0.4, -0.2) is 132 Å². The molecule has 0 aromatic heterocycles. The molecule has 0 amide bonds. The highest BCUT2D eigenvalue weighted by atomic mass is 32.2. The van der Waals surface area contributed by atoms with Crippen LogP contribution in [0, 0.1) is 16.7 Å². The van der Waals surface area contributed by atoms with Gasteiger partial charge in [-0.1, -0.05) is 76.2 Å². The molecule has 66 heavy (non-hydrogen) atoms. The second-order valence-electron chi connectivity index (χ2n) is 17.8. The molecular formula is C46H59NO18S. The van der Waals surface area contributed by atoms with Crippen LogP contribution in [0.3, 0.4) is 0 Å². The van der Waals surface area contributed by atoms with E-state index in [1.54, 1.807) is 69.3 Å². The van der Waals surface area contributed by atoms with Crippen molar-refractivity contribution in [2.45, 2.75) is 115 Å². The SMILES string of the molecule is CC(=O)O[C@@]12COC1CC(O)C1(C)C(O)C(=O)C3=C(C)C(OC(=O)C(OC(=O)COCCOCCCSOOON)C(C)c4ccccc4)CC(O)(C(OC(=O)c4ccccc4)C12)C3(C)C. The third-order valence-corrected chi connectivity index (χ3v) is 14.3. The van der Waals surface area contributed by atoms with E-state index >= 15 is 0 Å². The molecule has 5 N–H and O–H groups in total. The molecule has 1 saturated heterocycles. The fraction of sp³-hybridized carbons (Fsp3) is 0.587. The number of hydrogen-bond donors (Lipinski definition) is 4. The Kier molecular flexibility index (Phi) is 16.5. The van der Waals surface area contributed by atoms with Gasteiger partial charge in [-0.15, -0.1) is 9.32 Å². The average Bonchev–Trinajstić information content (AvgIpc) is 3.28. The summed E-state index contributed by atoms with van der Waals surface area (Å²) in [6.07, 6.45) is -9.38. The summed E-state index contributed by atoms with van der Waals surface area (Å²) in [6, 6.07) is 16.7. The van der Waals surface area contributed by atoms with Crippen molar-refractivity contribution in [3.8, 4) is 0 Å². The quantitative estimate of drug-likeness (QED) is 0.0371. The van der Waals surface area contributed by atoms with E-state index in [9.17, 15) is 39.3 Å². The third-order valence-electron chi connectivity index (χ3n) is 13.7. The molecule has 1 heterocycles. The van der Waals surface area contributed by atoms with Gasteiger partial charge in [0, 0.05) is 66.5 Å². The molecule has 0 spiro atoms. The molecule has 2 aromatic carbocycles. The van der Waals surface area contributed by atoms with Crippen molar-refractivity contribution < 1.29 is 86.8 Å². The van der Waals surface area contributed by atoms with Gasteiger partial charge in [-0.3, -0.25) is 9.59 Å². The summed E-state index contributed by atoms with van der Waals surface area (Å²) in [4.78, 5) is 73.9. The van der Waals surface area contributed by atoms with Crippen molar-refractivity contribution in [2.75, 3.05) is 38.8 Å². The fourth-order valence-electron chi connectivity index (χ4n) is 10.1. The van der Waals surface area contributed by atoms with Gasteiger partial charge in [0.15, 0.2) is 11.4 Å². The van der Waals surface area contributed by atoms with E-state index in [1.165, 1.54) is 32.9 Å². The van der Waals surface area contributed by atoms with Crippen LogP contribution < -0.4 is 5.90 Å². The molecule has 2 saturated carbocycles. The van der Waals surface area contributed by atoms with E-state index in [0.717, 1.165) is 12.0 Å². The van der Waals surface area contributed by atoms with E-state index in [2.05, 4.69) is 14.4 Å². The van der Waals surface area contributed by atoms with Gasteiger partial charge in [0.2, 0.25) is 6.10 Å². The first-order valence-corrected chi connectivity index (χ1v) is 22.6. The Morgan fingerprint density at radius 1 is 0.955 bits per heavy atom. The predicted octanol–water partition coefficient (Wildman–Crippen LogP) is 3.17. The molecule has 19 nitrogen and oxygen atoms in total. The van der Waals surface area contributed by atoms with Gasteiger partial charge < -0.3 is 48.5 Å². The maximum atomic E-state index is 15.0. The molecule has 11 atom stereocenters. The van der Waals surface area contributed by atoms with Crippen molar-refractivity contribution in [3.63, 3.8) is 0 Å². The van der Waals surface area contributed by atoms with E-state index in [1.807, 2.05) is 0 Å². The average molecular weight is 946 g/mol. The zero-order valence-electron chi connectivity index (χ0n) is 37.7. The van der Waals surface area contributed by atoms with Crippen LogP contribution in [0.2, 0.25) is 0 Å². The minimum Gasteiger partial charge on any atom is -0.455 e. The van der Waals surface area contributed by atoms with Gasteiger partial charge in [-0.05, 0) is 41.7 Å². The summed E-state index contributed by atoms with van der Waals surface area (Å²) < 4.78 is 45.8. The summed E-state index contributed by atoms with van der Waals surface area (Å²) in [5, 5.41) is 42.0. The molecule has 3 fully saturated rings. The lowest BCUT2D eigenvalue weighted by molar-refractivity contribution is -0.464. The largest absolute Gasteiger partial charge is 0.455 e. The Morgan fingerprint density at radius 3 is 2.26 bits per heavy atom. The monoisotopic (exact) mass is 945 g/mol. The van der Waals surface area contributed by atoms with E-state index in [0.29, 0.717) is 24.3 Å². The van der Waals surface area contributed by atoms with Crippen molar-refractivity contribution in [1.29, 1.82) is 0 Å². The Morgan fingerprint density at radius 2 is 1.62 bits per heavy atom. The highest BCUT2D eigenvalue weighted by molar-refractivity contribution is 7.94. The number of benzene rings is 2. The molecule has 10 unspecified atom stereocenters. The number of rotatable bonds is 20. The first kappa shape index (κ1) is 51.1. The lowest BCUT2D eigenvalue weighted by atomic mass is 9.44. The number of esters is 4. The smallest absolute Gasteiger partial charge is 0.348 e. The van der Waals surface area contributed by atoms with Gasteiger partial charge in [-0.2, -0.15) is 5.90 Å². The van der Waals surface area contributed by atoms with E-state index in [4.69, 9.17) is 39.1 Å². The van der Waals surface area contributed by atoms with E-state index in [-0.39, 0.29) is 43.0 Å². The first-order valence-electron chi connectivity index (χ1n) is 21.7. The van der Waals surface area contributed by atoms with Gasteiger partial charge in [0.05, 0.1) is 37.4 Å². The number of aliphatic hydroxyl groups is 3. The Bertz CT molecular complexity index is 2090. The molecule has 1 aliphatic heterocycles. The summed E-state index contributed by atoms with van der Waals surface area (Å²) in [5.74, 6) is -1.56. The molecule has 2 aromatic rings. The van der Waals surface area contributed by atoms with Crippen molar-refractivity contribution in [3.05, 3.63) is 82.9 Å². The molecule has 6 rings (SSSR count). The number of ketones is 1. The van der Waals surface area contributed by atoms with Gasteiger partial charge >= 0.3 is 23.9 Å². The third kappa shape index (κ3) is 9.95. The van der Waals surface area contributed by atoms with Gasteiger partial charge in [0.1, 0.15) is 36.6 Å². The van der Waals surface area contributed by atoms with E-state index < -0.39 is 113 Å². The number of hydrogen-bond acceptors (Lipinski definition) is 20. The second kappa shape index (κ2) is 21.3. The van der Waals surface area contributed by atoms with Gasteiger partial charge in [0.25, 0.3) is 0 Å². The number of nitrogens with two attached hydrogens (primary N) is 1. The summed E-state index contributed by atoms with van der Waals surface area (Å²) in [6.45, 7) is 8.58. The number of aliphatic hydroxyl groups excluding tert-OH is 2. The molecule has 2 bridgehead atoms. The van der Waals surface area contributed by atoms with Crippen molar-refractivity contribution in [2.24, 2.45) is 22.6 Å². The van der Waals surface area contributed by atoms with Crippen molar-refractivity contribution >= 4 is 41.7 Å². The van der Waals surface area contributed by atoms with Crippen LogP contribution in [0.25, 0.3) is 0 Å². The maximum absolute atomic E-state index is 15.0. The topological polar surface area (TPSA) is 264 Å². The number of fused-ring (bicyclic) bond motifs is 5. The fourth-order valence-corrected chi connectivity index (χ4v) is 10.5. The number of carbonyl (C=O) groups excluding carboxylic acids is 5. The van der Waals surface area contributed by atoms with Crippen LogP contribution in [0.5, 0.6) is 0 Å². The first-order chi connectivity index (χ1) is 31.3. The number of ether oxygens (including phenoxy) is 7. The summed E-state index contributed by atoms with van der Waals surface area (Å²) in [5.41, 5.74) is -6.94. The highest BCUT2D eigenvalue weighted by Crippen LogP contribution is 2.64. The number of carbonyl (C=O) groups is 5. The summed E-state index contributed by atoms with van der Waals surface area (Å²) in [7, 11) is 0. The van der Waals surface area contributed by atoms with Gasteiger partial charge in [-0.25, -0.2) is 14.4 Å². The maximum Gasteiger partial charge on any atom is 0.348 e. The van der Waals surface area contributed by atoms with Crippen LogP contribution in [0.4, 0.5) is 0 Å². The lowest BCUT2D eigenvalue weighted by Crippen LogP contribution is -2.82. The molecule has 0 radical (unpaired) electrons. The minimum absolute atomic E-state index is 0.0218. The van der Waals surface area contributed by atoms with Crippen LogP contribution in [0.1, 0.15) is 82.6 Å². The Hall–Kier alpha value is -4.32. The molecule has 3 aliphatic carbocycles. The molecule has 4 aliphatic rings. The van der Waals surface area contributed by atoms with Crippen LogP contribution in [0.15, 0.2) is 71.8 Å². The number of Topliss-reactive ketones (excluding diaryl/α,β-unsaturated/α-hetero) is 1. The zero-order valence-corrected chi connectivity index (χ0v) is 38.5. The Balaban J connectivity index is 1.33. The van der Waals surface area contributed by atoms with Crippen LogP contribution >= 0.6 is 12.0 Å². The Labute approximate surface area is 386 Å². The normalized spacial score (nSPS) is 30.8. The van der Waals surface area contributed by atoms with Crippen LogP contribution in [-0.2, 0) is 66.7 Å². The second-order valence-corrected chi connectivity index (χ2v) is 18.6. The standard InChI is InChI=1S/C46H59NO18S/c1-26(29-14-9-7-10-15-29)37(60-34(50)24-57-20-19-56-18-13-21-66-65-64-63-47)42(54)59-31-23-46(55)40(61-41(53)30-16-11-8-12-17-30)38-44(6,39(52)36(51)35(27(31)2)43(46,4)5)32(49)22-33-45(38,25-58-33)62-28(3)48/h7-12,14-17,26,31-33,37-40,49,52,55H,13,18-25,47H2,1-6H3/t26?,31?,32?,33?,37?,38?,39?,40?,44?,45-,46?/m0/s1. The molecule has 20 heteroatoms.